The zero-order valence-corrected chi connectivity index (χ0v) is 17.8. The second-order valence-electron chi connectivity index (χ2n) is 6.71. The molecule has 0 spiro atoms. The van der Waals surface area contributed by atoms with Crippen LogP contribution in [0.2, 0.25) is 0 Å². The fourth-order valence-electron chi connectivity index (χ4n) is 3.09. The number of rotatable bonds is 12. The van der Waals surface area contributed by atoms with Crippen LogP contribution in [-0.2, 0) is 17.9 Å². The number of methoxy groups -OCH3 is 4. The predicted molar refractivity (Wildman–Crippen MR) is 111 cm³/mol. The van der Waals surface area contributed by atoms with Gasteiger partial charge in [-0.1, -0.05) is 18.2 Å². The van der Waals surface area contributed by atoms with Crippen molar-refractivity contribution < 1.29 is 28.8 Å². The molecule has 2 aromatic rings. The minimum absolute atomic E-state index is 0.249. The van der Waals surface area contributed by atoms with Crippen LogP contribution in [-0.4, -0.2) is 64.7 Å². The molecule has 0 saturated carbocycles. The van der Waals surface area contributed by atoms with E-state index in [-0.39, 0.29) is 6.61 Å². The van der Waals surface area contributed by atoms with Gasteiger partial charge in [0.1, 0.15) is 5.75 Å². The van der Waals surface area contributed by atoms with Crippen molar-refractivity contribution in [2.75, 3.05) is 48.6 Å². The largest absolute Gasteiger partial charge is 0.497 e. The molecule has 1 N–H and O–H groups in total. The van der Waals surface area contributed by atoms with E-state index in [1.807, 2.05) is 48.3 Å². The maximum Gasteiger partial charge on any atom is 0.203 e. The molecule has 0 fully saturated rings. The number of aliphatic hydroxyl groups is 1. The van der Waals surface area contributed by atoms with Gasteiger partial charge in [-0.2, -0.15) is 0 Å². The molecule has 2 aromatic carbocycles. The third kappa shape index (κ3) is 6.52. The highest BCUT2D eigenvalue weighted by Crippen LogP contribution is 2.40. The van der Waals surface area contributed by atoms with Crippen LogP contribution in [0.4, 0.5) is 0 Å². The second-order valence-corrected chi connectivity index (χ2v) is 6.71. The van der Waals surface area contributed by atoms with E-state index in [4.69, 9.17) is 23.7 Å². The molecule has 0 aliphatic carbocycles. The SMILES string of the molecule is COc1ccc(COC[C@H](O)CN(C)Cc2ccc(OC)c(OC)c2OC)cc1. The van der Waals surface area contributed by atoms with E-state index in [0.717, 1.165) is 16.9 Å². The summed E-state index contributed by atoms with van der Waals surface area (Å²) >= 11 is 0. The molecule has 0 aliphatic heterocycles. The van der Waals surface area contributed by atoms with E-state index in [0.29, 0.717) is 36.9 Å². The first-order valence-corrected chi connectivity index (χ1v) is 9.37. The lowest BCUT2D eigenvalue weighted by Gasteiger charge is -2.23. The van der Waals surface area contributed by atoms with Gasteiger partial charge in [0, 0.05) is 18.7 Å². The molecule has 7 nitrogen and oxygen atoms in total. The highest BCUT2D eigenvalue weighted by Gasteiger charge is 2.18. The molecule has 0 radical (unpaired) electrons. The molecule has 0 heterocycles. The third-order valence-electron chi connectivity index (χ3n) is 4.49. The van der Waals surface area contributed by atoms with E-state index in [1.54, 1.807) is 28.4 Å². The summed E-state index contributed by atoms with van der Waals surface area (Å²) in [6.07, 6.45) is -0.607. The summed E-state index contributed by atoms with van der Waals surface area (Å²) in [7, 11) is 8.34. The van der Waals surface area contributed by atoms with E-state index in [1.165, 1.54) is 0 Å². The van der Waals surface area contributed by atoms with Crippen molar-refractivity contribution in [3.8, 4) is 23.0 Å². The molecule has 0 unspecified atom stereocenters. The second kappa shape index (κ2) is 11.5. The van der Waals surface area contributed by atoms with E-state index in [2.05, 4.69) is 0 Å². The monoisotopic (exact) mass is 405 g/mol. The summed E-state index contributed by atoms with van der Waals surface area (Å²) in [5.74, 6) is 2.61. The molecule has 0 saturated heterocycles. The van der Waals surface area contributed by atoms with Crippen molar-refractivity contribution in [2.45, 2.75) is 19.3 Å². The molecule has 0 aliphatic rings. The first kappa shape index (κ1) is 22.8. The number of hydrogen-bond acceptors (Lipinski definition) is 7. The van der Waals surface area contributed by atoms with Gasteiger partial charge in [0.2, 0.25) is 5.75 Å². The Kier molecular flexibility index (Phi) is 9.05. The summed E-state index contributed by atoms with van der Waals surface area (Å²) in [4.78, 5) is 2.01. The maximum absolute atomic E-state index is 10.3. The Balaban J connectivity index is 1.85. The summed E-state index contributed by atoms with van der Waals surface area (Å²) in [6.45, 7) is 1.73. The Morgan fingerprint density at radius 3 is 2.14 bits per heavy atom. The van der Waals surface area contributed by atoms with E-state index in [9.17, 15) is 5.11 Å². The molecular formula is C22H31NO6. The minimum Gasteiger partial charge on any atom is -0.497 e. The minimum atomic E-state index is -0.607. The normalized spacial score (nSPS) is 12.0. The fraction of sp³-hybridized carbons (Fsp3) is 0.455. The smallest absolute Gasteiger partial charge is 0.203 e. The van der Waals surface area contributed by atoms with Crippen LogP contribution in [0.25, 0.3) is 0 Å². The molecule has 0 amide bonds. The topological polar surface area (TPSA) is 69.6 Å². The number of likely N-dealkylation sites (N-methyl/N-ethyl adjacent to an activating group) is 1. The molecule has 29 heavy (non-hydrogen) atoms. The van der Waals surface area contributed by atoms with Gasteiger partial charge in [0.25, 0.3) is 0 Å². The van der Waals surface area contributed by atoms with Gasteiger partial charge in [-0.05, 0) is 30.8 Å². The van der Waals surface area contributed by atoms with Crippen molar-refractivity contribution >= 4 is 0 Å². The number of benzene rings is 2. The number of nitrogens with zero attached hydrogens (tertiary/aromatic N) is 1. The summed E-state index contributed by atoms with van der Waals surface area (Å²) in [6, 6.07) is 11.4. The van der Waals surface area contributed by atoms with Crippen LogP contribution in [0.1, 0.15) is 11.1 Å². The van der Waals surface area contributed by atoms with Gasteiger partial charge < -0.3 is 28.8 Å². The Bertz CT molecular complexity index is 750. The number of aliphatic hydroxyl groups excluding tert-OH is 1. The quantitative estimate of drug-likeness (QED) is 0.582. The lowest BCUT2D eigenvalue weighted by atomic mass is 10.1. The Hall–Kier alpha value is -2.48. The van der Waals surface area contributed by atoms with Crippen LogP contribution in [0, 0.1) is 0 Å². The lowest BCUT2D eigenvalue weighted by molar-refractivity contribution is 0.0126. The fourth-order valence-corrected chi connectivity index (χ4v) is 3.09. The summed E-state index contributed by atoms with van der Waals surface area (Å²) < 4.78 is 27.0. The maximum atomic E-state index is 10.3. The third-order valence-corrected chi connectivity index (χ3v) is 4.49. The van der Waals surface area contributed by atoms with Gasteiger partial charge in [0.05, 0.1) is 47.8 Å². The summed E-state index contributed by atoms with van der Waals surface area (Å²) in [5.41, 5.74) is 1.97. The number of ether oxygens (including phenoxy) is 5. The van der Waals surface area contributed by atoms with Gasteiger partial charge in [-0.3, -0.25) is 4.90 Å². The molecule has 2 rings (SSSR count). The molecule has 160 valence electrons. The van der Waals surface area contributed by atoms with Crippen molar-refractivity contribution in [1.82, 2.24) is 4.90 Å². The van der Waals surface area contributed by atoms with Crippen molar-refractivity contribution in [1.29, 1.82) is 0 Å². The zero-order valence-electron chi connectivity index (χ0n) is 17.8. The van der Waals surface area contributed by atoms with Gasteiger partial charge in [-0.15, -0.1) is 0 Å². The molecule has 1 atom stereocenters. The first-order chi connectivity index (χ1) is 14.0. The highest BCUT2D eigenvalue weighted by molar-refractivity contribution is 5.55. The predicted octanol–water partition coefficient (Wildman–Crippen LogP) is 2.73. The zero-order chi connectivity index (χ0) is 21.2. The van der Waals surface area contributed by atoms with E-state index < -0.39 is 6.10 Å². The number of hydrogen-bond donors (Lipinski definition) is 1. The van der Waals surface area contributed by atoms with Crippen LogP contribution < -0.4 is 18.9 Å². The molecule has 0 aromatic heterocycles. The molecular weight excluding hydrogens is 374 g/mol. The van der Waals surface area contributed by atoms with Crippen LogP contribution >= 0.6 is 0 Å². The van der Waals surface area contributed by atoms with Crippen LogP contribution in [0.5, 0.6) is 23.0 Å². The Morgan fingerprint density at radius 1 is 0.862 bits per heavy atom. The average molecular weight is 405 g/mol. The van der Waals surface area contributed by atoms with Gasteiger partial charge >= 0.3 is 0 Å². The van der Waals surface area contributed by atoms with Crippen molar-refractivity contribution in [3.63, 3.8) is 0 Å². The van der Waals surface area contributed by atoms with Gasteiger partial charge in [-0.25, -0.2) is 0 Å². The van der Waals surface area contributed by atoms with Crippen molar-refractivity contribution in [2.24, 2.45) is 0 Å². The van der Waals surface area contributed by atoms with Crippen LogP contribution in [0.3, 0.4) is 0 Å². The van der Waals surface area contributed by atoms with E-state index >= 15 is 0 Å². The average Bonchev–Trinajstić information content (AvgIpc) is 2.73. The Morgan fingerprint density at radius 2 is 1.55 bits per heavy atom. The van der Waals surface area contributed by atoms with Crippen molar-refractivity contribution in [3.05, 3.63) is 47.5 Å². The molecule has 7 heteroatoms. The highest BCUT2D eigenvalue weighted by atomic mass is 16.5. The van der Waals surface area contributed by atoms with Crippen LogP contribution in [0.15, 0.2) is 36.4 Å². The Labute approximate surface area is 172 Å². The standard InChI is InChI=1S/C22H31NO6/c1-23(12-17-8-11-20(26-3)22(28-5)21(17)27-4)13-18(24)15-29-14-16-6-9-19(25-2)10-7-16/h6-11,18,24H,12-15H2,1-5H3/t18-/m1/s1. The van der Waals surface area contributed by atoms with Gasteiger partial charge in [0.15, 0.2) is 11.5 Å². The molecule has 0 bridgehead atoms. The lowest BCUT2D eigenvalue weighted by Crippen LogP contribution is -2.32. The first-order valence-electron chi connectivity index (χ1n) is 9.37. The summed E-state index contributed by atoms with van der Waals surface area (Å²) in [5, 5.41) is 10.3.